The second-order valence-corrected chi connectivity index (χ2v) is 4.84. The molecule has 1 atom stereocenters. The maximum absolute atomic E-state index is 11.9. The van der Waals surface area contributed by atoms with Crippen LogP contribution in [-0.4, -0.2) is 14.6 Å². The van der Waals surface area contributed by atoms with Crippen LogP contribution in [-0.2, 0) is 0 Å². The molecule has 5 heteroatoms. The van der Waals surface area contributed by atoms with Gasteiger partial charge in [-0.3, -0.25) is 9.89 Å². The Balaban J connectivity index is 2.14. The first-order chi connectivity index (χ1) is 8.15. The van der Waals surface area contributed by atoms with E-state index in [-0.39, 0.29) is 11.6 Å². The maximum atomic E-state index is 11.9. The number of nitrogens with zero attached hydrogens (tertiary/aromatic N) is 2. The Morgan fingerprint density at radius 2 is 2.29 bits per heavy atom. The molecule has 2 aromatic rings. The normalized spacial score (nSPS) is 18.2. The van der Waals surface area contributed by atoms with Gasteiger partial charge in [-0.15, -0.1) is 0 Å². The first-order valence-electron chi connectivity index (χ1n) is 6.03. The quantitative estimate of drug-likeness (QED) is 0.819. The molecule has 0 aromatic carbocycles. The largest absolute Gasteiger partial charge is 0.323 e. The standard InChI is InChI=1S/C12H16N4O/c1-7(13)9-6-12(17)16-11(14-9)5-10(15-16)8-3-2-4-8/h5-8,15H,2-4,13H2,1H3. The van der Waals surface area contributed by atoms with Crippen molar-refractivity contribution in [2.24, 2.45) is 5.73 Å². The van der Waals surface area contributed by atoms with Gasteiger partial charge in [-0.05, 0) is 19.8 Å². The van der Waals surface area contributed by atoms with Gasteiger partial charge in [-0.1, -0.05) is 6.42 Å². The molecule has 0 saturated heterocycles. The van der Waals surface area contributed by atoms with Crippen LogP contribution in [0.3, 0.4) is 0 Å². The van der Waals surface area contributed by atoms with Crippen LogP contribution >= 0.6 is 0 Å². The van der Waals surface area contributed by atoms with Crippen molar-refractivity contribution in [3.05, 3.63) is 33.9 Å². The third-order valence-electron chi connectivity index (χ3n) is 3.50. The van der Waals surface area contributed by atoms with E-state index in [0.717, 1.165) is 5.69 Å². The molecule has 1 aliphatic rings. The Morgan fingerprint density at radius 1 is 1.53 bits per heavy atom. The fourth-order valence-electron chi connectivity index (χ4n) is 2.19. The van der Waals surface area contributed by atoms with Crippen LogP contribution in [0.25, 0.3) is 5.65 Å². The molecule has 1 saturated carbocycles. The molecule has 0 aliphatic heterocycles. The predicted molar refractivity (Wildman–Crippen MR) is 65.0 cm³/mol. The van der Waals surface area contributed by atoms with Gasteiger partial charge in [-0.2, -0.15) is 0 Å². The van der Waals surface area contributed by atoms with Crippen LogP contribution in [0.15, 0.2) is 16.9 Å². The van der Waals surface area contributed by atoms with E-state index in [0.29, 0.717) is 17.3 Å². The summed E-state index contributed by atoms with van der Waals surface area (Å²) in [6, 6.07) is 3.25. The molecular formula is C12H16N4O. The summed E-state index contributed by atoms with van der Waals surface area (Å²) >= 11 is 0. The lowest BCUT2D eigenvalue weighted by atomic mass is 9.83. The molecular weight excluding hydrogens is 216 g/mol. The van der Waals surface area contributed by atoms with E-state index in [1.54, 1.807) is 0 Å². The molecule has 1 aliphatic carbocycles. The molecule has 0 spiro atoms. The number of aromatic amines is 1. The summed E-state index contributed by atoms with van der Waals surface area (Å²) in [5, 5.41) is 3.13. The Labute approximate surface area is 98.6 Å². The van der Waals surface area contributed by atoms with Crippen molar-refractivity contribution in [3.8, 4) is 0 Å². The maximum Gasteiger partial charge on any atom is 0.272 e. The van der Waals surface area contributed by atoms with Crippen molar-refractivity contribution in [2.75, 3.05) is 0 Å². The van der Waals surface area contributed by atoms with E-state index in [4.69, 9.17) is 5.73 Å². The van der Waals surface area contributed by atoms with E-state index in [1.807, 2.05) is 13.0 Å². The van der Waals surface area contributed by atoms with Crippen molar-refractivity contribution in [3.63, 3.8) is 0 Å². The number of H-pyrrole nitrogens is 1. The highest BCUT2D eigenvalue weighted by molar-refractivity contribution is 5.41. The number of nitrogens with two attached hydrogens (primary N) is 1. The summed E-state index contributed by atoms with van der Waals surface area (Å²) < 4.78 is 1.50. The van der Waals surface area contributed by atoms with E-state index in [1.165, 1.54) is 29.8 Å². The summed E-state index contributed by atoms with van der Waals surface area (Å²) in [5.41, 5.74) is 8.10. The minimum absolute atomic E-state index is 0.0899. The highest BCUT2D eigenvalue weighted by Crippen LogP contribution is 2.35. The number of nitrogens with one attached hydrogen (secondary N) is 1. The number of fused-ring (bicyclic) bond motifs is 1. The fraction of sp³-hybridized carbons (Fsp3) is 0.500. The number of hydrogen-bond acceptors (Lipinski definition) is 3. The number of hydrogen-bond donors (Lipinski definition) is 2. The lowest BCUT2D eigenvalue weighted by Gasteiger charge is -2.23. The molecule has 17 heavy (non-hydrogen) atoms. The summed E-state index contributed by atoms with van der Waals surface area (Å²) in [4.78, 5) is 16.3. The Kier molecular flexibility index (Phi) is 2.29. The molecule has 3 rings (SSSR count). The zero-order valence-corrected chi connectivity index (χ0v) is 9.81. The van der Waals surface area contributed by atoms with Gasteiger partial charge in [0.2, 0.25) is 0 Å². The predicted octanol–water partition coefficient (Wildman–Crippen LogP) is 1.31. The summed E-state index contributed by atoms with van der Waals surface area (Å²) in [5.74, 6) is 0.565. The van der Waals surface area contributed by atoms with Gasteiger partial charge in [0.25, 0.3) is 5.56 Å². The lowest BCUT2D eigenvalue weighted by molar-refractivity contribution is 0.409. The molecule has 1 fully saturated rings. The fourth-order valence-corrected chi connectivity index (χ4v) is 2.19. The van der Waals surface area contributed by atoms with E-state index in [9.17, 15) is 4.79 Å². The zero-order valence-electron chi connectivity index (χ0n) is 9.81. The van der Waals surface area contributed by atoms with Gasteiger partial charge in [-0.25, -0.2) is 9.50 Å². The first kappa shape index (κ1) is 10.5. The van der Waals surface area contributed by atoms with Crippen molar-refractivity contribution < 1.29 is 0 Å². The second kappa shape index (κ2) is 3.70. The minimum atomic E-state index is -0.213. The summed E-state index contributed by atoms with van der Waals surface area (Å²) in [6.07, 6.45) is 3.66. The second-order valence-electron chi connectivity index (χ2n) is 4.84. The van der Waals surface area contributed by atoms with E-state index in [2.05, 4.69) is 10.1 Å². The van der Waals surface area contributed by atoms with Gasteiger partial charge in [0.15, 0.2) is 5.65 Å². The molecule has 2 heterocycles. The molecule has 3 N–H and O–H groups in total. The Bertz CT molecular complexity index is 606. The van der Waals surface area contributed by atoms with Crippen LogP contribution in [0, 0.1) is 0 Å². The van der Waals surface area contributed by atoms with Gasteiger partial charge in [0.05, 0.1) is 5.69 Å². The van der Waals surface area contributed by atoms with Crippen LogP contribution in [0.4, 0.5) is 0 Å². The highest BCUT2D eigenvalue weighted by Gasteiger charge is 2.22. The average molecular weight is 232 g/mol. The number of aromatic nitrogens is 3. The highest BCUT2D eigenvalue weighted by atomic mass is 16.1. The number of rotatable bonds is 2. The third kappa shape index (κ3) is 1.67. The molecule has 2 aromatic heterocycles. The van der Waals surface area contributed by atoms with Crippen LogP contribution < -0.4 is 11.3 Å². The van der Waals surface area contributed by atoms with Crippen LogP contribution in [0.1, 0.15) is 49.5 Å². The Hall–Kier alpha value is -1.62. The molecule has 0 amide bonds. The average Bonchev–Trinajstić information content (AvgIpc) is 2.58. The molecule has 0 radical (unpaired) electrons. The van der Waals surface area contributed by atoms with Gasteiger partial charge in [0.1, 0.15) is 0 Å². The smallest absolute Gasteiger partial charge is 0.272 e. The molecule has 90 valence electrons. The van der Waals surface area contributed by atoms with Gasteiger partial charge >= 0.3 is 0 Å². The SMILES string of the molecule is CC(N)c1cc(=O)n2[nH]c(C3CCC3)cc2n1. The van der Waals surface area contributed by atoms with Gasteiger partial charge < -0.3 is 5.73 Å². The summed E-state index contributed by atoms with van der Waals surface area (Å²) in [6.45, 7) is 1.83. The Morgan fingerprint density at radius 3 is 2.88 bits per heavy atom. The minimum Gasteiger partial charge on any atom is -0.323 e. The molecule has 5 nitrogen and oxygen atoms in total. The van der Waals surface area contributed by atoms with E-state index < -0.39 is 0 Å². The third-order valence-corrected chi connectivity index (χ3v) is 3.50. The lowest BCUT2D eigenvalue weighted by Crippen LogP contribution is -2.19. The zero-order chi connectivity index (χ0) is 12.0. The van der Waals surface area contributed by atoms with Crippen molar-refractivity contribution >= 4 is 5.65 Å². The van der Waals surface area contributed by atoms with Crippen molar-refractivity contribution in [2.45, 2.75) is 38.1 Å². The molecule has 0 bridgehead atoms. The topological polar surface area (TPSA) is 76.2 Å². The molecule has 1 unspecified atom stereocenters. The van der Waals surface area contributed by atoms with Crippen LogP contribution in [0.5, 0.6) is 0 Å². The monoisotopic (exact) mass is 232 g/mol. The summed E-state index contributed by atoms with van der Waals surface area (Å²) in [7, 11) is 0. The van der Waals surface area contributed by atoms with Crippen molar-refractivity contribution in [1.82, 2.24) is 14.6 Å². The first-order valence-corrected chi connectivity index (χ1v) is 6.03. The van der Waals surface area contributed by atoms with Gasteiger partial charge in [0, 0.05) is 29.8 Å². The van der Waals surface area contributed by atoms with Crippen molar-refractivity contribution in [1.29, 1.82) is 0 Å². The van der Waals surface area contributed by atoms with Crippen LogP contribution in [0.2, 0.25) is 0 Å². The van der Waals surface area contributed by atoms with E-state index >= 15 is 0 Å².